The molecule has 9 heteroatoms. The summed E-state index contributed by atoms with van der Waals surface area (Å²) in [6, 6.07) is 5.28. The molecule has 4 heterocycles. The largest absolute Gasteiger partial charge is 0.378 e. The highest BCUT2D eigenvalue weighted by Gasteiger charge is 2.58. The van der Waals surface area contributed by atoms with Crippen LogP contribution in [0.25, 0.3) is 16.8 Å². The van der Waals surface area contributed by atoms with Crippen LogP contribution < -0.4 is 10.2 Å². The third kappa shape index (κ3) is 3.33. The first-order valence-electron chi connectivity index (χ1n) is 12.5. The lowest BCUT2D eigenvalue weighted by Gasteiger charge is -2.61. The van der Waals surface area contributed by atoms with Crippen LogP contribution in [0.3, 0.4) is 0 Å². The van der Waals surface area contributed by atoms with E-state index in [0.29, 0.717) is 18.8 Å². The van der Waals surface area contributed by atoms with Gasteiger partial charge in [-0.1, -0.05) is 0 Å². The summed E-state index contributed by atoms with van der Waals surface area (Å²) in [5.41, 5.74) is 5.14. The second kappa shape index (κ2) is 7.89. The highest BCUT2D eigenvalue weighted by molar-refractivity contribution is 6.04. The Balaban J connectivity index is 1.21. The van der Waals surface area contributed by atoms with Crippen molar-refractivity contribution in [3.05, 3.63) is 66.1 Å². The first kappa shape index (κ1) is 21.6. The number of nitrogens with one attached hydrogen (secondary N) is 1. The summed E-state index contributed by atoms with van der Waals surface area (Å²) < 4.78 is 24.4. The zero-order chi connectivity index (χ0) is 24.4. The molecule has 0 radical (unpaired) electrons. The van der Waals surface area contributed by atoms with Crippen molar-refractivity contribution in [1.82, 2.24) is 19.2 Å². The number of halogens is 1. The Morgan fingerprint density at radius 2 is 1.97 bits per heavy atom. The third-order valence-electron chi connectivity index (χ3n) is 8.03. The number of morpholine rings is 1. The van der Waals surface area contributed by atoms with E-state index in [1.54, 1.807) is 24.7 Å². The number of aromatic nitrogens is 4. The first-order valence-corrected chi connectivity index (χ1v) is 12.5. The molecule has 0 unspecified atom stereocenters. The number of pyridine rings is 1. The SMILES string of the molecule is Cc1cc(F)c(NC(=O)c2cnn(C34CC(C3)C4)c2)cc1-c1cc(N2CCOCC2)c2nccn2c1. The Hall–Kier alpha value is -3.72. The Kier molecular flexibility index (Phi) is 4.73. The number of amides is 1. The minimum absolute atomic E-state index is 0.107. The average Bonchev–Trinajstić information content (AvgIpc) is 3.49. The normalized spacial score (nSPS) is 22.8. The van der Waals surface area contributed by atoms with Crippen LogP contribution in [0, 0.1) is 18.7 Å². The van der Waals surface area contributed by atoms with Gasteiger partial charge in [-0.25, -0.2) is 9.37 Å². The minimum atomic E-state index is -0.464. The van der Waals surface area contributed by atoms with E-state index in [-0.39, 0.29) is 17.1 Å². The molecule has 1 aliphatic heterocycles. The predicted molar refractivity (Wildman–Crippen MR) is 134 cm³/mol. The molecule has 3 aliphatic carbocycles. The maximum absolute atomic E-state index is 15.0. The van der Waals surface area contributed by atoms with Gasteiger partial charge in [0.05, 0.1) is 41.9 Å². The topological polar surface area (TPSA) is 76.7 Å². The summed E-state index contributed by atoms with van der Waals surface area (Å²) in [7, 11) is 0. The molecule has 4 aliphatic rings. The van der Waals surface area contributed by atoms with Gasteiger partial charge in [0.25, 0.3) is 5.91 Å². The van der Waals surface area contributed by atoms with Gasteiger partial charge in [-0.05, 0) is 61.4 Å². The maximum Gasteiger partial charge on any atom is 0.258 e. The summed E-state index contributed by atoms with van der Waals surface area (Å²) in [5, 5.41) is 7.20. The molecule has 3 saturated carbocycles. The predicted octanol–water partition coefficient (Wildman–Crippen LogP) is 4.24. The molecule has 1 aromatic carbocycles. The van der Waals surface area contributed by atoms with Crippen LogP contribution in [0.4, 0.5) is 15.8 Å². The molecule has 184 valence electrons. The van der Waals surface area contributed by atoms with Gasteiger partial charge in [0.2, 0.25) is 0 Å². The van der Waals surface area contributed by atoms with Gasteiger partial charge >= 0.3 is 0 Å². The first-order chi connectivity index (χ1) is 17.5. The van der Waals surface area contributed by atoms with E-state index in [1.165, 1.54) is 6.07 Å². The number of hydrogen-bond donors (Lipinski definition) is 1. The number of aryl methyl sites for hydroxylation is 1. The molecule has 8 nitrogen and oxygen atoms in total. The molecule has 0 spiro atoms. The van der Waals surface area contributed by atoms with Crippen LogP contribution >= 0.6 is 0 Å². The molecule has 0 atom stereocenters. The van der Waals surface area contributed by atoms with Crippen LogP contribution in [-0.2, 0) is 10.3 Å². The third-order valence-corrected chi connectivity index (χ3v) is 8.03. The summed E-state index contributed by atoms with van der Waals surface area (Å²) in [6.07, 6.45) is 12.5. The van der Waals surface area contributed by atoms with Crippen molar-refractivity contribution in [3.8, 4) is 11.1 Å². The number of nitrogens with zero attached hydrogens (tertiary/aromatic N) is 5. The van der Waals surface area contributed by atoms with Crippen molar-refractivity contribution in [2.75, 3.05) is 36.5 Å². The number of ether oxygens (including phenoxy) is 1. The Morgan fingerprint density at radius 1 is 1.17 bits per heavy atom. The van der Waals surface area contributed by atoms with Gasteiger partial charge in [0.1, 0.15) is 5.82 Å². The van der Waals surface area contributed by atoms with Crippen molar-refractivity contribution in [2.45, 2.75) is 31.7 Å². The van der Waals surface area contributed by atoms with E-state index in [0.717, 1.165) is 66.3 Å². The molecule has 3 aromatic heterocycles. The average molecular weight is 487 g/mol. The number of imidazole rings is 1. The molecule has 4 aromatic rings. The number of rotatable bonds is 5. The molecular weight excluding hydrogens is 459 g/mol. The van der Waals surface area contributed by atoms with Crippen LogP contribution in [0.15, 0.2) is 49.2 Å². The highest BCUT2D eigenvalue weighted by Crippen LogP contribution is 2.61. The summed E-state index contributed by atoms with van der Waals surface area (Å²) in [6.45, 7) is 4.78. The van der Waals surface area contributed by atoms with Gasteiger partial charge in [-0.3, -0.25) is 9.48 Å². The van der Waals surface area contributed by atoms with Crippen molar-refractivity contribution in [3.63, 3.8) is 0 Å². The number of anilines is 2. The van der Waals surface area contributed by atoms with Gasteiger partial charge in [-0.15, -0.1) is 0 Å². The van der Waals surface area contributed by atoms with Crippen LogP contribution in [0.5, 0.6) is 0 Å². The number of carbonyl (C=O) groups excluding carboxylic acids is 1. The molecule has 8 rings (SSSR count). The lowest BCUT2D eigenvalue weighted by molar-refractivity contribution is -0.0978. The number of carbonyl (C=O) groups is 1. The minimum Gasteiger partial charge on any atom is -0.378 e. The fraction of sp³-hybridized carbons (Fsp3) is 0.370. The Bertz CT molecular complexity index is 1480. The van der Waals surface area contributed by atoms with Gasteiger partial charge < -0.3 is 19.4 Å². The van der Waals surface area contributed by atoms with Crippen molar-refractivity contribution < 1.29 is 13.9 Å². The van der Waals surface area contributed by atoms with Crippen molar-refractivity contribution in [2.24, 2.45) is 5.92 Å². The quantitative estimate of drug-likeness (QED) is 0.457. The van der Waals surface area contributed by atoms with E-state index >= 15 is 0 Å². The standard InChI is InChI=1S/C27H27FN6O2/c1-17-8-22(28)23(31-26(35)20-14-30-34(16-20)27-11-18(12-27)13-27)10-21(17)19-9-24(32-4-6-36-7-5-32)25-29-2-3-33(25)15-19/h2-3,8-10,14-16,18H,4-7,11-13H2,1H3,(H,31,35). The van der Waals surface area contributed by atoms with E-state index in [2.05, 4.69) is 26.4 Å². The molecule has 2 bridgehead atoms. The number of fused-ring (bicyclic) bond motifs is 1. The van der Waals surface area contributed by atoms with Crippen LogP contribution in [-0.4, -0.2) is 51.4 Å². The molecule has 36 heavy (non-hydrogen) atoms. The summed E-state index contributed by atoms with van der Waals surface area (Å²) in [5.74, 6) is -0.00833. The second-order valence-corrected chi connectivity index (χ2v) is 10.3. The fourth-order valence-electron chi connectivity index (χ4n) is 5.89. The molecule has 4 fully saturated rings. The molecule has 1 amide bonds. The van der Waals surface area contributed by atoms with E-state index in [9.17, 15) is 9.18 Å². The zero-order valence-electron chi connectivity index (χ0n) is 20.1. The summed E-state index contributed by atoms with van der Waals surface area (Å²) >= 11 is 0. The maximum atomic E-state index is 15.0. The van der Waals surface area contributed by atoms with E-state index in [4.69, 9.17) is 4.74 Å². The molecule has 1 saturated heterocycles. The van der Waals surface area contributed by atoms with E-state index < -0.39 is 5.82 Å². The van der Waals surface area contributed by atoms with Crippen LogP contribution in [0.2, 0.25) is 0 Å². The fourth-order valence-corrected chi connectivity index (χ4v) is 5.89. The second-order valence-electron chi connectivity index (χ2n) is 10.3. The molecule has 1 N–H and O–H groups in total. The summed E-state index contributed by atoms with van der Waals surface area (Å²) in [4.78, 5) is 19.8. The Morgan fingerprint density at radius 3 is 2.72 bits per heavy atom. The highest BCUT2D eigenvalue weighted by atomic mass is 19.1. The lowest BCUT2D eigenvalue weighted by atomic mass is 9.50. The van der Waals surface area contributed by atoms with Gasteiger partial charge in [0, 0.05) is 43.4 Å². The van der Waals surface area contributed by atoms with Gasteiger partial charge in [-0.2, -0.15) is 5.10 Å². The van der Waals surface area contributed by atoms with Crippen LogP contribution in [0.1, 0.15) is 35.2 Å². The van der Waals surface area contributed by atoms with Crippen molar-refractivity contribution >= 4 is 22.9 Å². The smallest absolute Gasteiger partial charge is 0.258 e. The zero-order valence-corrected chi connectivity index (χ0v) is 20.1. The lowest BCUT2D eigenvalue weighted by Crippen LogP contribution is -2.59. The monoisotopic (exact) mass is 486 g/mol. The molecular formula is C27H27FN6O2. The van der Waals surface area contributed by atoms with Gasteiger partial charge in [0.15, 0.2) is 5.65 Å². The number of benzene rings is 1. The number of hydrogen-bond acceptors (Lipinski definition) is 5. The Labute approximate surface area is 207 Å². The van der Waals surface area contributed by atoms with Crippen molar-refractivity contribution in [1.29, 1.82) is 0 Å². The van der Waals surface area contributed by atoms with E-state index in [1.807, 2.05) is 28.4 Å².